The highest BCUT2D eigenvalue weighted by molar-refractivity contribution is 5.94. The van der Waals surface area contributed by atoms with Gasteiger partial charge in [-0.1, -0.05) is 18.2 Å². The monoisotopic (exact) mass is 385 g/mol. The third kappa shape index (κ3) is 6.99. The first kappa shape index (κ1) is 20.8. The number of hydrogen-bond acceptors (Lipinski definition) is 4. The topological polar surface area (TPSA) is 117 Å². The molecule has 28 heavy (non-hydrogen) atoms. The molecule has 0 spiro atoms. The molecule has 148 valence electrons. The molecule has 0 fully saturated rings. The number of carbonyl (C=O) groups excluding carboxylic acids is 2. The van der Waals surface area contributed by atoms with Crippen molar-refractivity contribution >= 4 is 23.6 Å². The van der Waals surface area contributed by atoms with Crippen LogP contribution in [0.2, 0.25) is 0 Å². The molecule has 0 heterocycles. The maximum absolute atomic E-state index is 12.3. The molecule has 0 unspecified atom stereocenters. The molecule has 2 rings (SSSR count). The molecule has 0 aliphatic carbocycles. The van der Waals surface area contributed by atoms with Gasteiger partial charge in [0.25, 0.3) is 5.91 Å². The van der Waals surface area contributed by atoms with E-state index in [0.717, 1.165) is 5.56 Å². The van der Waals surface area contributed by atoms with E-state index in [1.165, 1.54) is 6.07 Å². The van der Waals surface area contributed by atoms with Gasteiger partial charge < -0.3 is 25.8 Å². The number of ether oxygens (including phenoxy) is 1. The van der Waals surface area contributed by atoms with E-state index in [4.69, 9.17) is 9.84 Å². The van der Waals surface area contributed by atoms with Crippen LogP contribution in [0.4, 0.5) is 10.5 Å². The van der Waals surface area contributed by atoms with Crippen LogP contribution in [-0.2, 0) is 11.3 Å². The summed E-state index contributed by atoms with van der Waals surface area (Å²) in [6.45, 7) is 3.58. The van der Waals surface area contributed by atoms with E-state index in [2.05, 4.69) is 16.0 Å². The van der Waals surface area contributed by atoms with Crippen molar-refractivity contribution < 1.29 is 24.2 Å². The molecule has 4 N–H and O–H groups in total. The van der Waals surface area contributed by atoms with Crippen LogP contribution >= 0.6 is 0 Å². The molecule has 0 bridgehead atoms. The number of nitrogens with one attached hydrogen (secondary N) is 3. The van der Waals surface area contributed by atoms with Gasteiger partial charge in [0.1, 0.15) is 5.75 Å². The lowest BCUT2D eigenvalue weighted by molar-refractivity contribution is -0.139. The van der Waals surface area contributed by atoms with Crippen LogP contribution in [0.15, 0.2) is 48.5 Å². The minimum atomic E-state index is -1.09. The second-order valence-electron chi connectivity index (χ2n) is 6.34. The Kier molecular flexibility index (Phi) is 7.38. The lowest BCUT2D eigenvalue weighted by Crippen LogP contribution is -2.34. The van der Waals surface area contributed by atoms with E-state index in [9.17, 15) is 14.4 Å². The number of benzene rings is 2. The number of anilines is 1. The van der Waals surface area contributed by atoms with Crippen LogP contribution in [0.5, 0.6) is 5.75 Å². The lowest BCUT2D eigenvalue weighted by atomic mass is 10.1. The van der Waals surface area contributed by atoms with Gasteiger partial charge in [0.2, 0.25) is 0 Å². The van der Waals surface area contributed by atoms with Crippen molar-refractivity contribution in [2.24, 2.45) is 0 Å². The van der Waals surface area contributed by atoms with Gasteiger partial charge in [-0.05, 0) is 49.7 Å². The molecule has 0 radical (unpaired) electrons. The van der Waals surface area contributed by atoms with Crippen molar-refractivity contribution in [3.8, 4) is 5.75 Å². The Balaban J connectivity index is 1.88. The number of carbonyl (C=O) groups is 3. The van der Waals surface area contributed by atoms with Gasteiger partial charge in [-0.25, -0.2) is 9.59 Å². The summed E-state index contributed by atoms with van der Waals surface area (Å²) < 4.78 is 5.07. The van der Waals surface area contributed by atoms with Crippen LogP contribution in [0.25, 0.3) is 0 Å². The fourth-order valence-corrected chi connectivity index (χ4v) is 2.29. The second-order valence-corrected chi connectivity index (χ2v) is 6.34. The summed E-state index contributed by atoms with van der Waals surface area (Å²) >= 11 is 0. The summed E-state index contributed by atoms with van der Waals surface area (Å²) in [6.07, 6.45) is 0. The average molecular weight is 385 g/mol. The predicted octanol–water partition coefficient (Wildman–Crippen LogP) is 2.61. The van der Waals surface area contributed by atoms with E-state index in [0.29, 0.717) is 23.5 Å². The van der Waals surface area contributed by atoms with Crippen molar-refractivity contribution in [1.29, 1.82) is 0 Å². The number of rotatable bonds is 8. The van der Waals surface area contributed by atoms with Crippen molar-refractivity contribution in [3.63, 3.8) is 0 Å². The van der Waals surface area contributed by atoms with Crippen LogP contribution < -0.4 is 20.7 Å². The zero-order chi connectivity index (χ0) is 20.5. The zero-order valence-corrected chi connectivity index (χ0v) is 15.7. The highest BCUT2D eigenvalue weighted by atomic mass is 16.5. The Morgan fingerprint density at radius 1 is 1.07 bits per heavy atom. The number of amides is 3. The number of carboxylic acid groups (broad SMARTS) is 1. The SMILES string of the molecule is CC(C)NC(=O)Nc1ccc(CNC(=O)c2cccc(OCC(=O)O)c2)cc1. The van der Waals surface area contributed by atoms with Crippen LogP contribution in [-0.4, -0.2) is 35.7 Å². The minimum Gasteiger partial charge on any atom is -0.482 e. The Labute approximate surface area is 162 Å². The molecule has 0 aliphatic heterocycles. The van der Waals surface area contributed by atoms with Gasteiger partial charge >= 0.3 is 12.0 Å². The van der Waals surface area contributed by atoms with Crippen LogP contribution in [0.1, 0.15) is 29.8 Å². The molecule has 3 amide bonds. The number of urea groups is 1. The van der Waals surface area contributed by atoms with Crippen molar-refractivity contribution in [1.82, 2.24) is 10.6 Å². The highest BCUT2D eigenvalue weighted by Crippen LogP contribution is 2.14. The molecule has 8 nitrogen and oxygen atoms in total. The van der Waals surface area contributed by atoms with Crippen molar-refractivity contribution in [2.45, 2.75) is 26.4 Å². The Morgan fingerprint density at radius 3 is 2.43 bits per heavy atom. The quantitative estimate of drug-likeness (QED) is 0.557. The summed E-state index contributed by atoms with van der Waals surface area (Å²) in [5.74, 6) is -1.08. The van der Waals surface area contributed by atoms with Gasteiger partial charge in [-0.3, -0.25) is 4.79 Å². The average Bonchev–Trinajstić information content (AvgIpc) is 2.65. The van der Waals surface area contributed by atoms with E-state index >= 15 is 0 Å². The van der Waals surface area contributed by atoms with E-state index < -0.39 is 12.6 Å². The molecule has 0 saturated carbocycles. The molecule has 0 saturated heterocycles. The van der Waals surface area contributed by atoms with Crippen molar-refractivity contribution in [3.05, 3.63) is 59.7 Å². The van der Waals surface area contributed by atoms with Gasteiger partial charge in [-0.15, -0.1) is 0 Å². The Bertz CT molecular complexity index is 834. The summed E-state index contributed by atoms with van der Waals surface area (Å²) in [7, 11) is 0. The normalized spacial score (nSPS) is 10.2. The summed E-state index contributed by atoms with van der Waals surface area (Å²) in [6, 6.07) is 13.2. The van der Waals surface area contributed by atoms with E-state index in [1.807, 2.05) is 13.8 Å². The van der Waals surface area contributed by atoms with Gasteiger partial charge in [0.05, 0.1) is 0 Å². The van der Waals surface area contributed by atoms with Gasteiger partial charge in [0.15, 0.2) is 6.61 Å². The first-order valence-corrected chi connectivity index (χ1v) is 8.73. The molecule has 0 aromatic heterocycles. The summed E-state index contributed by atoms with van der Waals surface area (Å²) in [5, 5.41) is 16.9. The van der Waals surface area contributed by atoms with Crippen LogP contribution in [0.3, 0.4) is 0 Å². The first-order chi connectivity index (χ1) is 13.3. The molecule has 0 atom stereocenters. The lowest BCUT2D eigenvalue weighted by Gasteiger charge is -2.11. The van der Waals surface area contributed by atoms with Crippen molar-refractivity contribution in [2.75, 3.05) is 11.9 Å². The summed E-state index contributed by atoms with van der Waals surface area (Å²) in [5.41, 5.74) is 1.88. The maximum Gasteiger partial charge on any atom is 0.341 e. The predicted molar refractivity (Wildman–Crippen MR) is 104 cm³/mol. The standard InChI is InChI=1S/C20H23N3O5/c1-13(2)22-20(27)23-16-8-6-14(7-9-16)11-21-19(26)15-4-3-5-17(10-15)28-12-18(24)25/h3-10,13H,11-12H2,1-2H3,(H,21,26)(H,24,25)(H2,22,23,27). The minimum absolute atomic E-state index is 0.0440. The number of hydrogen-bond donors (Lipinski definition) is 4. The van der Waals surface area contributed by atoms with Gasteiger partial charge in [0, 0.05) is 23.8 Å². The number of carboxylic acids is 1. The molecule has 2 aromatic rings. The summed E-state index contributed by atoms with van der Waals surface area (Å²) in [4.78, 5) is 34.5. The van der Waals surface area contributed by atoms with E-state index in [-0.39, 0.29) is 18.0 Å². The second kappa shape index (κ2) is 9.96. The smallest absolute Gasteiger partial charge is 0.341 e. The zero-order valence-electron chi connectivity index (χ0n) is 15.7. The Morgan fingerprint density at radius 2 is 1.79 bits per heavy atom. The molecular formula is C20H23N3O5. The van der Waals surface area contributed by atoms with Gasteiger partial charge in [-0.2, -0.15) is 0 Å². The molecular weight excluding hydrogens is 362 g/mol. The highest BCUT2D eigenvalue weighted by Gasteiger charge is 2.08. The fraction of sp³-hybridized carbons (Fsp3) is 0.250. The fourth-order valence-electron chi connectivity index (χ4n) is 2.29. The number of aliphatic carboxylic acids is 1. The molecule has 2 aromatic carbocycles. The molecule has 0 aliphatic rings. The third-order valence-electron chi connectivity index (χ3n) is 3.54. The molecule has 8 heteroatoms. The van der Waals surface area contributed by atoms with E-state index in [1.54, 1.807) is 42.5 Å². The van der Waals surface area contributed by atoms with Crippen LogP contribution in [0, 0.1) is 0 Å². The maximum atomic E-state index is 12.3. The Hall–Kier alpha value is -3.55. The first-order valence-electron chi connectivity index (χ1n) is 8.73. The largest absolute Gasteiger partial charge is 0.482 e. The third-order valence-corrected chi connectivity index (χ3v) is 3.54.